The van der Waals surface area contributed by atoms with Crippen molar-refractivity contribution < 1.29 is 19.1 Å². The Morgan fingerprint density at radius 3 is 2.27 bits per heavy atom. The minimum absolute atomic E-state index is 0.323. The van der Waals surface area contributed by atoms with Crippen molar-refractivity contribution in [2.45, 2.75) is 6.54 Å². The monoisotopic (exact) mass is 462 g/mol. The molecule has 5 rings (SSSR count). The lowest BCUT2D eigenvalue weighted by atomic mass is 10.1. The van der Waals surface area contributed by atoms with Crippen LogP contribution in [-0.4, -0.2) is 65.4 Å². The maximum absolute atomic E-state index is 12.7. The molecule has 8 nitrogen and oxygen atoms in total. The summed E-state index contributed by atoms with van der Waals surface area (Å²) in [6.45, 7) is 3.43. The Kier molecular flexibility index (Phi) is 5.99. The summed E-state index contributed by atoms with van der Waals surface area (Å²) in [6, 6.07) is 16.4. The molecule has 1 saturated heterocycles. The molecule has 33 heavy (non-hydrogen) atoms. The molecule has 9 heteroatoms. The van der Waals surface area contributed by atoms with E-state index in [1.165, 1.54) is 11.3 Å². The smallest absolute Gasteiger partial charge is 0.262 e. The molecule has 3 aromatic rings. The number of hydrogen-bond donors (Lipinski definition) is 1. The normalized spacial score (nSPS) is 16.2. The second kappa shape index (κ2) is 9.22. The quantitative estimate of drug-likeness (QED) is 0.567. The minimum Gasteiger partial charge on any atom is -0.379 e. The zero-order valence-corrected chi connectivity index (χ0v) is 18.6. The summed E-state index contributed by atoms with van der Waals surface area (Å²) in [4.78, 5) is 46.8. The van der Waals surface area contributed by atoms with Crippen molar-refractivity contribution in [3.05, 3.63) is 70.6 Å². The fourth-order valence-corrected chi connectivity index (χ4v) is 5.02. The van der Waals surface area contributed by atoms with Gasteiger partial charge in [-0.15, -0.1) is 0 Å². The van der Waals surface area contributed by atoms with Gasteiger partial charge in [0.1, 0.15) is 6.54 Å². The fraction of sp³-hybridized carbons (Fsp3) is 0.250. The number of imide groups is 1. The summed E-state index contributed by atoms with van der Waals surface area (Å²) in [7, 11) is 0. The third-order valence-electron chi connectivity index (χ3n) is 5.64. The van der Waals surface area contributed by atoms with Crippen molar-refractivity contribution in [2.75, 3.05) is 38.2 Å². The van der Waals surface area contributed by atoms with Crippen LogP contribution in [0.3, 0.4) is 0 Å². The Morgan fingerprint density at radius 1 is 0.970 bits per heavy atom. The van der Waals surface area contributed by atoms with E-state index in [0.717, 1.165) is 34.1 Å². The fourth-order valence-electron chi connectivity index (χ4n) is 3.98. The van der Waals surface area contributed by atoms with E-state index in [0.29, 0.717) is 36.0 Å². The van der Waals surface area contributed by atoms with Crippen LogP contribution in [0.4, 0.5) is 5.13 Å². The summed E-state index contributed by atoms with van der Waals surface area (Å²) in [6.07, 6.45) is 0. The van der Waals surface area contributed by atoms with Crippen LogP contribution in [0.1, 0.15) is 25.6 Å². The molecule has 1 aromatic heterocycles. The highest BCUT2D eigenvalue weighted by Crippen LogP contribution is 2.32. The highest BCUT2D eigenvalue weighted by molar-refractivity contribution is 7.16. The molecule has 2 aliphatic rings. The van der Waals surface area contributed by atoms with Gasteiger partial charge in [0.2, 0.25) is 5.91 Å². The van der Waals surface area contributed by atoms with Crippen molar-refractivity contribution in [3.63, 3.8) is 0 Å². The van der Waals surface area contributed by atoms with Crippen LogP contribution in [0, 0.1) is 0 Å². The van der Waals surface area contributed by atoms with Gasteiger partial charge in [-0.2, -0.15) is 0 Å². The number of nitrogens with one attached hydrogen (secondary N) is 1. The number of hydrogen-bond acceptors (Lipinski definition) is 7. The van der Waals surface area contributed by atoms with E-state index >= 15 is 0 Å². The van der Waals surface area contributed by atoms with Crippen LogP contribution in [0.15, 0.2) is 54.6 Å². The van der Waals surface area contributed by atoms with Gasteiger partial charge in [-0.3, -0.25) is 24.2 Å². The molecule has 3 amide bonds. The van der Waals surface area contributed by atoms with Crippen LogP contribution in [0.25, 0.3) is 11.3 Å². The molecular formula is C24H22N4O4S. The summed E-state index contributed by atoms with van der Waals surface area (Å²) < 4.78 is 5.44. The third kappa shape index (κ3) is 4.43. The first-order chi connectivity index (χ1) is 16.1. The van der Waals surface area contributed by atoms with E-state index in [9.17, 15) is 14.4 Å². The van der Waals surface area contributed by atoms with Crippen LogP contribution >= 0.6 is 11.3 Å². The van der Waals surface area contributed by atoms with Gasteiger partial charge >= 0.3 is 0 Å². The predicted molar refractivity (Wildman–Crippen MR) is 124 cm³/mol. The minimum atomic E-state index is -0.462. The number of ether oxygens (including phenoxy) is 1. The van der Waals surface area contributed by atoms with E-state index in [2.05, 4.69) is 15.2 Å². The summed E-state index contributed by atoms with van der Waals surface area (Å²) >= 11 is 1.41. The SMILES string of the molecule is O=C(CN1C(=O)c2ccccc2C1=O)Nc1nc(-c2ccccc2)c(CN2CCOCC2)s1. The maximum atomic E-state index is 12.7. The zero-order valence-electron chi connectivity index (χ0n) is 17.8. The standard InChI is InChI=1S/C24H22N4O4S/c29-20(15-28-22(30)17-8-4-5-9-18(17)23(28)31)25-24-26-21(16-6-2-1-3-7-16)19(33-24)14-27-10-12-32-13-11-27/h1-9H,10-15H2,(H,25,26,29). The van der Waals surface area contributed by atoms with Gasteiger partial charge in [-0.25, -0.2) is 4.98 Å². The lowest BCUT2D eigenvalue weighted by molar-refractivity contribution is -0.116. The number of nitrogens with zero attached hydrogens (tertiary/aromatic N) is 3. The molecule has 0 spiro atoms. The van der Waals surface area contributed by atoms with E-state index in [-0.39, 0.29) is 6.54 Å². The van der Waals surface area contributed by atoms with E-state index in [1.807, 2.05) is 30.3 Å². The number of carbonyl (C=O) groups excluding carboxylic acids is 3. The number of fused-ring (bicyclic) bond motifs is 1. The molecular weight excluding hydrogens is 440 g/mol. The molecule has 3 heterocycles. The Hall–Kier alpha value is -3.40. The van der Waals surface area contributed by atoms with Crippen LogP contribution in [0.5, 0.6) is 0 Å². The highest BCUT2D eigenvalue weighted by Gasteiger charge is 2.36. The Labute approximate surface area is 194 Å². The summed E-state index contributed by atoms with van der Waals surface area (Å²) in [5, 5.41) is 3.23. The molecule has 0 aliphatic carbocycles. The second-order valence-corrected chi connectivity index (χ2v) is 8.92. The Balaban J connectivity index is 1.33. The largest absolute Gasteiger partial charge is 0.379 e. The lowest BCUT2D eigenvalue weighted by Gasteiger charge is -2.26. The first-order valence-electron chi connectivity index (χ1n) is 10.7. The van der Waals surface area contributed by atoms with Crippen LogP contribution in [-0.2, 0) is 16.1 Å². The number of benzene rings is 2. The molecule has 2 aliphatic heterocycles. The van der Waals surface area contributed by atoms with Crippen molar-refractivity contribution in [3.8, 4) is 11.3 Å². The van der Waals surface area contributed by atoms with E-state index < -0.39 is 17.7 Å². The number of anilines is 1. The average molecular weight is 463 g/mol. The predicted octanol–water partition coefficient (Wildman–Crippen LogP) is 2.88. The van der Waals surface area contributed by atoms with E-state index in [1.54, 1.807) is 24.3 Å². The Bertz CT molecular complexity index is 1170. The Morgan fingerprint density at radius 2 is 1.61 bits per heavy atom. The number of morpholine rings is 1. The van der Waals surface area contributed by atoms with Gasteiger partial charge in [-0.05, 0) is 12.1 Å². The molecule has 168 valence electrons. The van der Waals surface area contributed by atoms with Gasteiger partial charge in [0.25, 0.3) is 11.8 Å². The molecule has 1 N–H and O–H groups in total. The maximum Gasteiger partial charge on any atom is 0.262 e. The van der Waals surface area contributed by atoms with Crippen molar-refractivity contribution in [2.24, 2.45) is 0 Å². The van der Waals surface area contributed by atoms with Gasteiger partial charge in [0.15, 0.2) is 5.13 Å². The van der Waals surface area contributed by atoms with Gasteiger partial charge in [0, 0.05) is 30.1 Å². The van der Waals surface area contributed by atoms with Gasteiger partial charge in [0.05, 0.1) is 30.0 Å². The van der Waals surface area contributed by atoms with E-state index in [4.69, 9.17) is 4.74 Å². The van der Waals surface area contributed by atoms with Crippen LogP contribution in [0.2, 0.25) is 0 Å². The molecule has 0 unspecified atom stereocenters. The first-order valence-corrected chi connectivity index (χ1v) is 11.5. The molecule has 0 saturated carbocycles. The zero-order chi connectivity index (χ0) is 22.8. The number of rotatable bonds is 6. The first kappa shape index (κ1) is 21.4. The van der Waals surface area contributed by atoms with Crippen molar-refractivity contribution in [1.82, 2.24) is 14.8 Å². The van der Waals surface area contributed by atoms with Gasteiger partial charge in [-0.1, -0.05) is 53.8 Å². The van der Waals surface area contributed by atoms with Crippen LogP contribution < -0.4 is 5.32 Å². The lowest BCUT2D eigenvalue weighted by Crippen LogP contribution is -2.37. The molecule has 1 fully saturated rings. The number of carbonyl (C=O) groups is 3. The average Bonchev–Trinajstić information content (AvgIpc) is 3.34. The molecule has 0 radical (unpaired) electrons. The second-order valence-electron chi connectivity index (χ2n) is 7.84. The number of aromatic nitrogens is 1. The third-order valence-corrected chi connectivity index (χ3v) is 6.60. The highest BCUT2D eigenvalue weighted by atomic mass is 32.1. The molecule has 0 bridgehead atoms. The molecule has 0 atom stereocenters. The topological polar surface area (TPSA) is 91.8 Å². The van der Waals surface area contributed by atoms with Crippen molar-refractivity contribution >= 4 is 34.2 Å². The van der Waals surface area contributed by atoms with Crippen molar-refractivity contribution in [1.29, 1.82) is 0 Å². The number of amides is 3. The summed E-state index contributed by atoms with van der Waals surface area (Å²) in [5.74, 6) is -1.37. The summed E-state index contributed by atoms with van der Waals surface area (Å²) in [5.41, 5.74) is 2.44. The van der Waals surface area contributed by atoms with Gasteiger partial charge < -0.3 is 10.1 Å². The molecule has 2 aromatic carbocycles. The number of thiazole rings is 1.